The van der Waals surface area contributed by atoms with Gasteiger partial charge in [0.05, 0.1) is 5.69 Å². The van der Waals surface area contributed by atoms with Crippen LogP contribution in [0.4, 0.5) is 11.4 Å². The molecule has 2 aromatic rings. The van der Waals surface area contributed by atoms with Crippen LogP contribution in [0, 0.1) is 0 Å². The Morgan fingerprint density at radius 2 is 1.81 bits per heavy atom. The van der Waals surface area contributed by atoms with Crippen molar-refractivity contribution in [3.8, 4) is 0 Å². The number of anilines is 2. The van der Waals surface area contributed by atoms with Crippen LogP contribution >= 0.6 is 0 Å². The molecule has 3 heteroatoms. The van der Waals surface area contributed by atoms with Crippen molar-refractivity contribution < 1.29 is 0 Å². The summed E-state index contributed by atoms with van der Waals surface area (Å²) in [6.07, 6.45) is 0. The van der Waals surface area contributed by atoms with E-state index in [1.165, 1.54) is 0 Å². The Kier molecular flexibility index (Phi) is 2.77. The lowest BCUT2D eigenvalue weighted by molar-refractivity contribution is 1.33. The molecule has 0 aliphatic rings. The molecule has 3 N–H and O–H groups in total. The molecule has 0 spiro atoms. The van der Waals surface area contributed by atoms with Crippen molar-refractivity contribution in [2.45, 2.75) is 13.8 Å². The van der Waals surface area contributed by atoms with Gasteiger partial charge in [-0.2, -0.15) is 5.10 Å². The van der Waals surface area contributed by atoms with E-state index >= 15 is 0 Å². The van der Waals surface area contributed by atoms with Crippen molar-refractivity contribution in [3.05, 3.63) is 36.4 Å². The van der Waals surface area contributed by atoms with E-state index in [2.05, 4.69) is 10.5 Å². The molecule has 0 heterocycles. The fourth-order valence-corrected chi connectivity index (χ4v) is 1.64. The van der Waals surface area contributed by atoms with Gasteiger partial charge in [-0.05, 0) is 31.4 Å². The number of fused-ring (bicyclic) bond motifs is 1. The highest BCUT2D eigenvalue weighted by atomic mass is 15.3. The molecule has 16 heavy (non-hydrogen) atoms. The normalized spacial score (nSPS) is 10.1. The maximum Gasteiger partial charge on any atom is 0.0660 e. The van der Waals surface area contributed by atoms with Gasteiger partial charge in [-0.25, -0.2) is 0 Å². The predicted octanol–water partition coefficient (Wildman–Crippen LogP) is 3.23. The van der Waals surface area contributed by atoms with Gasteiger partial charge in [0.25, 0.3) is 0 Å². The van der Waals surface area contributed by atoms with Crippen molar-refractivity contribution in [2.24, 2.45) is 5.10 Å². The highest BCUT2D eigenvalue weighted by Crippen LogP contribution is 2.28. The highest BCUT2D eigenvalue weighted by molar-refractivity contribution is 6.02. The molecule has 0 saturated heterocycles. The van der Waals surface area contributed by atoms with Gasteiger partial charge in [0.15, 0.2) is 0 Å². The van der Waals surface area contributed by atoms with Crippen LogP contribution in [0.25, 0.3) is 10.8 Å². The van der Waals surface area contributed by atoms with Crippen molar-refractivity contribution >= 4 is 27.9 Å². The van der Waals surface area contributed by atoms with Crippen molar-refractivity contribution in [1.29, 1.82) is 0 Å². The summed E-state index contributed by atoms with van der Waals surface area (Å²) in [5.74, 6) is 0. The fraction of sp³-hybridized carbons (Fsp3) is 0.154. The minimum absolute atomic E-state index is 0.768. The van der Waals surface area contributed by atoms with Crippen LogP contribution in [0.3, 0.4) is 0 Å². The fourth-order valence-electron chi connectivity index (χ4n) is 1.64. The van der Waals surface area contributed by atoms with Crippen molar-refractivity contribution in [1.82, 2.24) is 0 Å². The summed E-state index contributed by atoms with van der Waals surface area (Å²) >= 11 is 0. The molecule has 0 fully saturated rings. The maximum absolute atomic E-state index is 5.97. The van der Waals surface area contributed by atoms with Gasteiger partial charge in [-0.15, -0.1) is 0 Å². The van der Waals surface area contributed by atoms with Crippen LogP contribution < -0.4 is 11.2 Å². The molecule has 0 unspecified atom stereocenters. The van der Waals surface area contributed by atoms with Crippen LogP contribution in [0.2, 0.25) is 0 Å². The lowest BCUT2D eigenvalue weighted by atomic mass is 10.1. The van der Waals surface area contributed by atoms with Gasteiger partial charge in [-0.1, -0.05) is 24.3 Å². The molecule has 82 valence electrons. The van der Waals surface area contributed by atoms with Gasteiger partial charge < -0.3 is 5.73 Å². The first-order valence-electron chi connectivity index (χ1n) is 5.22. The van der Waals surface area contributed by atoms with E-state index in [9.17, 15) is 0 Å². The van der Waals surface area contributed by atoms with Crippen LogP contribution in [0.5, 0.6) is 0 Å². The van der Waals surface area contributed by atoms with Crippen molar-refractivity contribution in [3.63, 3.8) is 0 Å². The number of hydrazone groups is 1. The van der Waals surface area contributed by atoms with Gasteiger partial charge in [0, 0.05) is 16.8 Å². The minimum Gasteiger partial charge on any atom is -0.398 e. The predicted molar refractivity (Wildman–Crippen MR) is 70.8 cm³/mol. The summed E-state index contributed by atoms with van der Waals surface area (Å²) in [5, 5.41) is 6.34. The zero-order chi connectivity index (χ0) is 11.5. The third-order valence-corrected chi connectivity index (χ3v) is 2.34. The quantitative estimate of drug-likeness (QED) is 0.457. The number of nitrogen functional groups attached to an aromatic ring is 1. The smallest absolute Gasteiger partial charge is 0.0660 e. The number of nitrogens with zero attached hydrogens (tertiary/aromatic N) is 1. The van der Waals surface area contributed by atoms with Crippen molar-refractivity contribution in [2.75, 3.05) is 11.2 Å². The lowest BCUT2D eigenvalue weighted by Gasteiger charge is -2.08. The number of hydrogen-bond acceptors (Lipinski definition) is 3. The van der Waals surface area contributed by atoms with Gasteiger partial charge in [-0.3, -0.25) is 5.43 Å². The van der Waals surface area contributed by atoms with E-state index in [1.807, 2.05) is 50.2 Å². The standard InChI is InChI=1S/C13H15N3/c1-9(2)15-16-12-8-4-6-10-5-3-7-11(14)13(10)12/h3-8,16H,14H2,1-2H3. The first kappa shape index (κ1) is 10.5. The third kappa shape index (κ3) is 1.98. The average Bonchev–Trinajstić information content (AvgIpc) is 2.26. The Morgan fingerprint density at radius 3 is 2.50 bits per heavy atom. The third-order valence-electron chi connectivity index (χ3n) is 2.34. The number of nitrogens with two attached hydrogens (primary N) is 1. The van der Waals surface area contributed by atoms with Crippen LogP contribution in [0.15, 0.2) is 41.5 Å². The highest BCUT2D eigenvalue weighted by Gasteiger charge is 2.02. The second-order valence-corrected chi connectivity index (χ2v) is 3.92. The van der Waals surface area contributed by atoms with E-state index < -0.39 is 0 Å². The van der Waals surface area contributed by atoms with Crippen LogP contribution in [-0.4, -0.2) is 5.71 Å². The first-order chi connectivity index (χ1) is 7.68. The Labute approximate surface area is 95.0 Å². The molecule has 2 rings (SSSR count). The molecule has 0 aliphatic heterocycles. The minimum atomic E-state index is 0.768. The molecule has 0 aliphatic carbocycles. The second-order valence-electron chi connectivity index (χ2n) is 3.92. The number of benzene rings is 2. The van der Waals surface area contributed by atoms with E-state index in [0.29, 0.717) is 0 Å². The summed E-state index contributed by atoms with van der Waals surface area (Å²) in [6, 6.07) is 11.9. The zero-order valence-electron chi connectivity index (χ0n) is 9.49. The van der Waals surface area contributed by atoms with Gasteiger partial charge in [0.2, 0.25) is 0 Å². The molecular weight excluding hydrogens is 198 g/mol. The molecule has 0 bridgehead atoms. The monoisotopic (exact) mass is 213 g/mol. The van der Waals surface area contributed by atoms with E-state index in [1.54, 1.807) is 0 Å². The molecule has 0 amide bonds. The summed E-state index contributed by atoms with van der Waals surface area (Å²) in [4.78, 5) is 0. The van der Waals surface area contributed by atoms with Crippen LogP contribution in [-0.2, 0) is 0 Å². The molecule has 3 nitrogen and oxygen atoms in total. The van der Waals surface area contributed by atoms with Gasteiger partial charge in [0.1, 0.15) is 0 Å². The molecule has 0 aromatic heterocycles. The van der Waals surface area contributed by atoms with E-state index in [4.69, 9.17) is 5.73 Å². The number of hydrogen-bond donors (Lipinski definition) is 2. The topological polar surface area (TPSA) is 50.4 Å². The Bertz CT molecular complexity index is 535. The SMILES string of the molecule is CC(C)=NNc1cccc2cccc(N)c12. The molecule has 0 atom stereocenters. The summed E-state index contributed by atoms with van der Waals surface area (Å²) in [6.45, 7) is 3.89. The van der Waals surface area contributed by atoms with Gasteiger partial charge >= 0.3 is 0 Å². The summed E-state index contributed by atoms with van der Waals surface area (Å²) < 4.78 is 0. The summed E-state index contributed by atoms with van der Waals surface area (Å²) in [5.41, 5.74) is 11.7. The number of rotatable bonds is 2. The Balaban J connectivity index is 2.57. The van der Waals surface area contributed by atoms with Crippen LogP contribution in [0.1, 0.15) is 13.8 Å². The number of nitrogens with one attached hydrogen (secondary N) is 1. The Morgan fingerprint density at radius 1 is 1.12 bits per heavy atom. The Hall–Kier alpha value is -2.03. The summed E-state index contributed by atoms with van der Waals surface area (Å²) in [7, 11) is 0. The lowest BCUT2D eigenvalue weighted by Crippen LogP contribution is -1.96. The van der Waals surface area contributed by atoms with E-state index in [-0.39, 0.29) is 0 Å². The maximum atomic E-state index is 5.97. The first-order valence-corrected chi connectivity index (χ1v) is 5.22. The van der Waals surface area contributed by atoms with E-state index in [0.717, 1.165) is 27.9 Å². The largest absolute Gasteiger partial charge is 0.398 e. The molecule has 0 radical (unpaired) electrons. The molecular formula is C13H15N3. The average molecular weight is 213 g/mol. The molecule has 0 saturated carbocycles. The molecule has 2 aromatic carbocycles. The second kappa shape index (κ2) is 4.23. The zero-order valence-corrected chi connectivity index (χ0v) is 9.49.